The topological polar surface area (TPSA) is 89.3 Å². The van der Waals surface area contributed by atoms with Gasteiger partial charge in [0.25, 0.3) is 5.56 Å². The van der Waals surface area contributed by atoms with E-state index < -0.39 is 0 Å². The SMILES string of the molecule is Cc1cc(C)cc(-n2nnnc2SCc2nc3ccc(Cl)cc3c(=O)[nH]2)c1. The Labute approximate surface area is 163 Å². The highest BCUT2D eigenvalue weighted by atomic mass is 35.5. The maximum Gasteiger partial charge on any atom is 0.258 e. The lowest BCUT2D eigenvalue weighted by Gasteiger charge is -2.07. The fourth-order valence-electron chi connectivity index (χ4n) is 2.86. The van der Waals surface area contributed by atoms with E-state index in [4.69, 9.17) is 11.6 Å². The number of nitrogens with zero attached hydrogens (tertiary/aromatic N) is 5. The van der Waals surface area contributed by atoms with Gasteiger partial charge in [0.1, 0.15) is 5.82 Å². The number of aromatic nitrogens is 6. The summed E-state index contributed by atoms with van der Waals surface area (Å²) >= 11 is 7.35. The molecule has 2 aromatic carbocycles. The van der Waals surface area contributed by atoms with Crippen LogP contribution in [0.4, 0.5) is 0 Å². The van der Waals surface area contributed by atoms with E-state index in [1.54, 1.807) is 22.9 Å². The van der Waals surface area contributed by atoms with Crippen molar-refractivity contribution in [2.75, 3.05) is 0 Å². The highest BCUT2D eigenvalue weighted by Gasteiger charge is 2.12. The van der Waals surface area contributed by atoms with Gasteiger partial charge < -0.3 is 4.98 Å². The number of aromatic amines is 1. The predicted molar refractivity (Wildman–Crippen MR) is 106 cm³/mol. The standard InChI is InChI=1S/C18H15ClN6OS/c1-10-5-11(2)7-13(6-10)25-18(22-23-24-25)27-9-16-20-15-4-3-12(19)8-14(15)17(26)21-16/h3-8H,9H2,1-2H3,(H,20,21,26). The van der Waals surface area contributed by atoms with Crippen LogP contribution < -0.4 is 5.56 Å². The summed E-state index contributed by atoms with van der Waals surface area (Å²) in [6.07, 6.45) is 0. The molecule has 0 unspecified atom stereocenters. The first-order valence-corrected chi connectivity index (χ1v) is 9.54. The summed E-state index contributed by atoms with van der Waals surface area (Å²) in [5.41, 5.74) is 3.56. The first kappa shape index (κ1) is 17.7. The number of H-pyrrole nitrogens is 1. The number of thioether (sulfide) groups is 1. The number of rotatable bonds is 4. The molecule has 2 aromatic heterocycles. The van der Waals surface area contributed by atoms with E-state index in [2.05, 4.69) is 31.6 Å². The normalized spacial score (nSPS) is 11.2. The van der Waals surface area contributed by atoms with Crippen LogP contribution in [0.3, 0.4) is 0 Å². The molecule has 0 bridgehead atoms. The number of hydrogen-bond donors (Lipinski definition) is 1. The van der Waals surface area contributed by atoms with Gasteiger partial charge in [0.05, 0.1) is 22.3 Å². The second-order valence-electron chi connectivity index (χ2n) is 6.18. The minimum atomic E-state index is -0.216. The first-order valence-electron chi connectivity index (χ1n) is 8.18. The van der Waals surface area contributed by atoms with Crippen LogP contribution in [0.2, 0.25) is 5.02 Å². The molecule has 27 heavy (non-hydrogen) atoms. The molecule has 1 N–H and O–H groups in total. The van der Waals surface area contributed by atoms with Crippen LogP contribution in [-0.4, -0.2) is 30.2 Å². The molecule has 0 saturated carbocycles. The molecule has 9 heteroatoms. The van der Waals surface area contributed by atoms with E-state index in [-0.39, 0.29) is 5.56 Å². The predicted octanol–water partition coefficient (Wildman–Crippen LogP) is 3.46. The highest BCUT2D eigenvalue weighted by molar-refractivity contribution is 7.98. The summed E-state index contributed by atoms with van der Waals surface area (Å²) in [6.45, 7) is 4.06. The Hall–Kier alpha value is -2.71. The van der Waals surface area contributed by atoms with Crippen LogP contribution in [0.15, 0.2) is 46.3 Å². The van der Waals surface area contributed by atoms with Gasteiger partial charge in [-0.25, -0.2) is 4.98 Å². The van der Waals surface area contributed by atoms with Gasteiger partial charge in [-0.05, 0) is 65.7 Å². The van der Waals surface area contributed by atoms with Crippen LogP contribution in [0.25, 0.3) is 16.6 Å². The summed E-state index contributed by atoms with van der Waals surface area (Å²) in [5.74, 6) is 0.980. The average molecular weight is 399 g/mol. The smallest absolute Gasteiger partial charge is 0.258 e. The Morgan fingerprint density at radius 3 is 2.70 bits per heavy atom. The van der Waals surface area contributed by atoms with Gasteiger partial charge in [-0.1, -0.05) is 29.4 Å². The van der Waals surface area contributed by atoms with E-state index in [0.717, 1.165) is 16.8 Å². The van der Waals surface area contributed by atoms with Crippen molar-refractivity contribution in [3.8, 4) is 5.69 Å². The molecule has 0 saturated heterocycles. The summed E-state index contributed by atoms with van der Waals surface area (Å²) in [7, 11) is 0. The van der Waals surface area contributed by atoms with Gasteiger partial charge in [0.15, 0.2) is 0 Å². The van der Waals surface area contributed by atoms with Crippen molar-refractivity contribution < 1.29 is 0 Å². The summed E-state index contributed by atoms with van der Waals surface area (Å²) in [5, 5.41) is 13.6. The van der Waals surface area contributed by atoms with Crippen LogP contribution >= 0.6 is 23.4 Å². The molecule has 0 atom stereocenters. The molecule has 4 aromatic rings. The van der Waals surface area contributed by atoms with Crippen LogP contribution in [0.5, 0.6) is 0 Å². The van der Waals surface area contributed by atoms with Crippen molar-refractivity contribution in [1.29, 1.82) is 0 Å². The van der Waals surface area contributed by atoms with Crippen molar-refractivity contribution in [1.82, 2.24) is 30.2 Å². The first-order chi connectivity index (χ1) is 13.0. The second-order valence-corrected chi connectivity index (χ2v) is 7.56. The number of halogens is 1. The zero-order chi connectivity index (χ0) is 19.0. The molecule has 136 valence electrons. The van der Waals surface area contributed by atoms with E-state index in [1.807, 2.05) is 26.0 Å². The third-order valence-corrected chi connectivity index (χ3v) is 5.11. The van der Waals surface area contributed by atoms with Crippen molar-refractivity contribution >= 4 is 34.3 Å². The van der Waals surface area contributed by atoms with Gasteiger partial charge in [-0.2, -0.15) is 4.68 Å². The Balaban J connectivity index is 1.62. The molecule has 0 aliphatic rings. The van der Waals surface area contributed by atoms with E-state index in [9.17, 15) is 4.79 Å². The molecular formula is C18H15ClN6OS. The van der Waals surface area contributed by atoms with Crippen molar-refractivity contribution in [2.45, 2.75) is 24.8 Å². The fourth-order valence-corrected chi connectivity index (χ4v) is 3.80. The van der Waals surface area contributed by atoms with Crippen molar-refractivity contribution in [2.24, 2.45) is 0 Å². The van der Waals surface area contributed by atoms with E-state index in [0.29, 0.717) is 32.7 Å². The second kappa shape index (κ2) is 7.13. The van der Waals surface area contributed by atoms with E-state index in [1.165, 1.54) is 11.8 Å². The monoisotopic (exact) mass is 398 g/mol. The molecule has 7 nitrogen and oxygen atoms in total. The maximum absolute atomic E-state index is 12.3. The molecule has 0 radical (unpaired) electrons. The molecule has 0 aliphatic heterocycles. The molecule has 0 spiro atoms. The third kappa shape index (κ3) is 3.72. The molecule has 0 aliphatic carbocycles. The summed E-state index contributed by atoms with van der Waals surface area (Å²) in [6, 6.07) is 11.2. The lowest BCUT2D eigenvalue weighted by atomic mass is 10.1. The molecule has 0 fully saturated rings. The zero-order valence-electron chi connectivity index (χ0n) is 14.6. The summed E-state index contributed by atoms with van der Waals surface area (Å²) < 4.78 is 1.68. The Morgan fingerprint density at radius 2 is 1.93 bits per heavy atom. The van der Waals surface area contributed by atoms with Crippen molar-refractivity contribution in [3.05, 3.63) is 68.7 Å². The largest absolute Gasteiger partial charge is 0.309 e. The highest BCUT2D eigenvalue weighted by Crippen LogP contribution is 2.23. The molecule has 0 amide bonds. The Kier molecular flexibility index (Phi) is 4.67. The Morgan fingerprint density at radius 1 is 1.15 bits per heavy atom. The molecular weight excluding hydrogens is 384 g/mol. The number of fused-ring (bicyclic) bond motifs is 1. The fraction of sp³-hybridized carbons (Fsp3) is 0.167. The Bertz CT molecular complexity index is 1180. The van der Waals surface area contributed by atoms with Gasteiger partial charge in [-0.15, -0.1) is 5.10 Å². The maximum atomic E-state index is 12.3. The van der Waals surface area contributed by atoms with Crippen LogP contribution in [0.1, 0.15) is 17.0 Å². The van der Waals surface area contributed by atoms with Gasteiger partial charge in [0.2, 0.25) is 5.16 Å². The molecule has 2 heterocycles. The zero-order valence-corrected chi connectivity index (χ0v) is 16.2. The average Bonchev–Trinajstić information content (AvgIpc) is 3.08. The minimum Gasteiger partial charge on any atom is -0.309 e. The lowest BCUT2D eigenvalue weighted by molar-refractivity contribution is 0.754. The number of nitrogens with one attached hydrogen (secondary N) is 1. The lowest BCUT2D eigenvalue weighted by Crippen LogP contribution is -2.11. The number of hydrogen-bond acceptors (Lipinski definition) is 6. The van der Waals surface area contributed by atoms with Crippen molar-refractivity contribution in [3.63, 3.8) is 0 Å². The minimum absolute atomic E-state index is 0.216. The molecule has 4 rings (SSSR count). The third-order valence-electron chi connectivity index (χ3n) is 3.95. The van der Waals surface area contributed by atoms with Gasteiger partial charge in [0, 0.05) is 5.02 Å². The van der Waals surface area contributed by atoms with E-state index >= 15 is 0 Å². The van der Waals surface area contributed by atoms with Crippen LogP contribution in [0, 0.1) is 13.8 Å². The summed E-state index contributed by atoms with van der Waals surface area (Å²) in [4.78, 5) is 19.6. The quantitative estimate of drug-likeness (QED) is 0.529. The number of tetrazole rings is 1. The van der Waals surface area contributed by atoms with Crippen LogP contribution in [-0.2, 0) is 5.75 Å². The van der Waals surface area contributed by atoms with Gasteiger partial charge in [-0.3, -0.25) is 4.79 Å². The number of benzene rings is 2. The van der Waals surface area contributed by atoms with Gasteiger partial charge >= 0.3 is 0 Å². The number of aryl methyl sites for hydroxylation is 2.